The van der Waals surface area contributed by atoms with E-state index in [1.165, 1.54) is 12.1 Å². The maximum absolute atomic E-state index is 14.2. The van der Waals surface area contributed by atoms with Crippen LogP contribution in [-0.4, -0.2) is 40.8 Å². The minimum atomic E-state index is -3.82. The second-order valence-corrected chi connectivity index (χ2v) is 8.04. The smallest absolute Gasteiger partial charge is 0.240 e. The molecule has 2 atom stereocenters. The summed E-state index contributed by atoms with van der Waals surface area (Å²) in [4.78, 5) is -0.128. The molecule has 9 heteroatoms. The van der Waals surface area contributed by atoms with Gasteiger partial charge in [0.15, 0.2) is 11.6 Å². The minimum absolute atomic E-state index is 0. The lowest BCUT2D eigenvalue weighted by Gasteiger charge is -2.17. The summed E-state index contributed by atoms with van der Waals surface area (Å²) < 4.78 is 52.2. The van der Waals surface area contributed by atoms with E-state index >= 15 is 0 Å². The third-order valence-corrected chi connectivity index (χ3v) is 5.74. The zero-order chi connectivity index (χ0) is 18.3. The number of nitrogens with one attached hydrogen (secondary N) is 1. The molecule has 2 rings (SSSR count). The summed E-state index contributed by atoms with van der Waals surface area (Å²) >= 11 is 0. The predicted octanol–water partition coefficient (Wildman–Crippen LogP) is 2.46. The first kappa shape index (κ1) is 23.1. The summed E-state index contributed by atoms with van der Waals surface area (Å²) in [7, 11) is -3.82. The van der Waals surface area contributed by atoms with Crippen LogP contribution in [0.4, 0.5) is 4.39 Å². The fourth-order valence-corrected chi connectivity index (χ4v) is 3.95. The molecule has 0 amide bonds. The maximum Gasteiger partial charge on any atom is 0.240 e. The number of sulfonamides is 1. The highest BCUT2D eigenvalue weighted by molar-refractivity contribution is 7.89. The number of rotatable bonds is 10. The van der Waals surface area contributed by atoms with Crippen LogP contribution in [0.5, 0.6) is 5.75 Å². The molecule has 0 spiro atoms. The number of ether oxygens (including phenoxy) is 2. The van der Waals surface area contributed by atoms with Crippen molar-refractivity contribution in [1.29, 1.82) is 0 Å². The third-order valence-electron chi connectivity index (χ3n) is 4.22. The van der Waals surface area contributed by atoms with Gasteiger partial charge in [0, 0.05) is 25.1 Å². The normalized spacial score (nSPS) is 18.3. The molecule has 1 saturated heterocycles. The largest absolute Gasteiger partial charge is 0.490 e. The van der Waals surface area contributed by atoms with Gasteiger partial charge in [0.2, 0.25) is 10.0 Å². The van der Waals surface area contributed by atoms with Gasteiger partial charge in [-0.2, -0.15) is 0 Å². The van der Waals surface area contributed by atoms with Gasteiger partial charge in [0.05, 0.1) is 18.1 Å². The van der Waals surface area contributed by atoms with E-state index in [9.17, 15) is 12.8 Å². The first-order valence-corrected chi connectivity index (χ1v) is 10.2. The van der Waals surface area contributed by atoms with Crippen LogP contribution in [0.15, 0.2) is 23.1 Å². The Morgan fingerprint density at radius 1 is 1.46 bits per heavy atom. The Morgan fingerprint density at radius 2 is 2.23 bits per heavy atom. The summed E-state index contributed by atoms with van der Waals surface area (Å²) in [6.07, 6.45) is 3.36. The lowest BCUT2D eigenvalue weighted by molar-refractivity contribution is 0.165. The van der Waals surface area contributed by atoms with Gasteiger partial charge < -0.3 is 15.2 Å². The van der Waals surface area contributed by atoms with Crippen LogP contribution >= 0.6 is 12.4 Å². The predicted molar refractivity (Wildman–Crippen MR) is 101 cm³/mol. The van der Waals surface area contributed by atoms with Gasteiger partial charge in [0.25, 0.3) is 0 Å². The Balaban J connectivity index is 0.00000338. The van der Waals surface area contributed by atoms with Crippen LogP contribution in [0.3, 0.4) is 0 Å². The molecule has 0 aromatic heterocycles. The molecule has 1 heterocycles. The molecular weight excluding hydrogens is 383 g/mol. The zero-order valence-electron chi connectivity index (χ0n) is 14.9. The number of benzene rings is 1. The Bertz CT molecular complexity index is 654. The van der Waals surface area contributed by atoms with E-state index in [0.29, 0.717) is 26.2 Å². The molecule has 0 radical (unpaired) electrons. The molecule has 6 nitrogen and oxygen atoms in total. The van der Waals surface area contributed by atoms with Crippen molar-refractivity contribution in [2.24, 2.45) is 11.7 Å². The van der Waals surface area contributed by atoms with E-state index in [2.05, 4.69) is 4.72 Å². The first-order valence-electron chi connectivity index (χ1n) is 8.68. The zero-order valence-corrected chi connectivity index (χ0v) is 16.6. The van der Waals surface area contributed by atoms with E-state index in [1.54, 1.807) is 0 Å². The first-order chi connectivity index (χ1) is 12.0. The van der Waals surface area contributed by atoms with Crippen LogP contribution in [0.25, 0.3) is 0 Å². The summed E-state index contributed by atoms with van der Waals surface area (Å²) in [6, 6.07) is 3.32. The van der Waals surface area contributed by atoms with Crippen molar-refractivity contribution < 1.29 is 22.3 Å². The van der Waals surface area contributed by atoms with E-state index in [4.69, 9.17) is 15.2 Å². The van der Waals surface area contributed by atoms with Crippen LogP contribution in [0, 0.1) is 11.7 Å². The van der Waals surface area contributed by atoms with Crippen molar-refractivity contribution in [3.63, 3.8) is 0 Å². The van der Waals surface area contributed by atoms with Gasteiger partial charge >= 0.3 is 0 Å². The summed E-state index contributed by atoms with van der Waals surface area (Å²) in [6.45, 7) is 3.88. The Morgan fingerprint density at radius 3 is 2.81 bits per heavy atom. The van der Waals surface area contributed by atoms with Crippen LogP contribution in [-0.2, 0) is 14.8 Å². The molecular formula is C17H28ClFN2O4S. The van der Waals surface area contributed by atoms with E-state index in [1.807, 2.05) is 6.92 Å². The molecule has 1 aromatic rings. The summed E-state index contributed by atoms with van der Waals surface area (Å²) in [5.74, 6) is -0.403. The van der Waals surface area contributed by atoms with E-state index in [0.717, 1.165) is 25.3 Å². The number of hydrogen-bond acceptors (Lipinski definition) is 5. The fraction of sp³-hybridized carbons (Fsp3) is 0.647. The third kappa shape index (κ3) is 6.66. The molecule has 150 valence electrons. The molecule has 1 aliphatic rings. The topological polar surface area (TPSA) is 90.7 Å². The second kappa shape index (κ2) is 11.0. The number of halogens is 2. The molecule has 2 unspecified atom stereocenters. The number of unbranched alkanes of at least 4 members (excludes halogenated alkanes) is 1. The Labute approximate surface area is 161 Å². The molecule has 26 heavy (non-hydrogen) atoms. The van der Waals surface area contributed by atoms with Gasteiger partial charge in [0.1, 0.15) is 0 Å². The van der Waals surface area contributed by atoms with Crippen molar-refractivity contribution in [2.75, 3.05) is 26.4 Å². The molecule has 1 fully saturated rings. The van der Waals surface area contributed by atoms with Gasteiger partial charge in [-0.3, -0.25) is 0 Å². The highest BCUT2D eigenvalue weighted by Crippen LogP contribution is 2.23. The standard InChI is InChI=1S/C17H27FN2O4S.ClH/c1-2-3-4-14(10-19)20-25(21,22)15-5-6-17(16(18)9-15)24-12-13-7-8-23-11-13;/h5-6,9,13-14,20H,2-4,7-8,10-12,19H2,1H3;1H. The van der Waals surface area contributed by atoms with Crippen molar-refractivity contribution in [2.45, 2.75) is 43.5 Å². The quantitative estimate of drug-likeness (QED) is 0.618. The lowest BCUT2D eigenvalue weighted by Crippen LogP contribution is -2.40. The van der Waals surface area contributed by atoms with Crippen LogP contribution in [0.1, 0.15) is 32.6 Å². The monoisotopic (exact) mass is 410 g/mol. The number of hydrogen-bond donors (Lipinski definition) is 2. The van der Waals surface area contributed by atoms with E-state index in [-0.39, 0.29) is 41.6 Å². The van der Waals surface area contributed by atoms with Gasteiger partial charge in [-0.05, 0) is 31.0 Å². The lowest BCUT2D eigenvalue weighted by atomic mass is 10.1. The van der Waals surface area contributed by atoms with Gasteiger partial charge in [-0.1, -0.05) is 19.8 Å². The highest BCUT2D eigenvalue weighted by atomic mass is 35.5. The van der Waals surface area contributed by atoms with Crippen molar-refractivity contribution in [1.82, 2.24) is 4.72 Å². The average Bonchev–Trinajstić information content (AvgIpc) is 3.10. The van der Waals surface area contributed by atoms with Gasteiger partial charge in [-0.25, -0.2) is 17.5 Å². The molecule has 1 aliphatic heterocycles. The molecule has 0 aliphatic carbocycles. The SMILES string of the molecule is CCCCC(CN)NS(=O)(=O)c1ccc(OCC2CCOC2)c(F)c1.Cl. The summed E-state index contributed by atoms with van der Waals surface area (Å²) in [5, 5.41) is 0. The maximum atomic E-state index is 14.2. The van der Waals surface area contributed by atoms with E-state index < -0.39 is 15.8 Å². The van der Waals surface area contributed by atoms with Crippen molar-refractivity contribution >= 4 is 22.4 Å². The Hall–Kier alpha value is -0.930. The fourth-order valence-electron chi connectivity index (χ4n) is 2.65. The van der Waals surface area contributed by atoms with Crippen LogP contribution < -0.4 is 15.2 Å². The average molecular weight is 411 g/mol. The van der Waals surface area contributed by atoms with Gasteiger partial charge in [-0.15, -0.1) is 12.4 Å². The second-order valence-electron chi connectivity index (χ2n) is 6.33. The molecule has 0 bridgehead atoms. The Kier molecular flexibility index (Phi) is 9.81. The van der Waals surface area contributed by atoms with Crippen molar-refractivity contribution in [3.8, 4) is 5.75 Å². The molecule has 0 saturated carbocycles. The summed E-state index contributed by atoms with van der Waals surface area (Å²) in [5.41, 5.74) is 5.62. The highest BCUT2D eigenvalue weighted by Gasteiger charge is 2.21. The van der Waals surface area contributed by atoms with Crippen molar-refractivity contribution in [3.05, 3.63) is 24.0 Å². The molecule has 3 N–H and O–H groups in total. The minimum Gasteiger partial charge on any atom is -0.490 e. The van der Waals surface area contributed by atoms with Crippen LogP contribution in [0.2, 0.25) is 0 Å². The number of nitrogens with two attached hydrogens (primary N) is 1. The molecule has 1 aromatic carbocycles.